The normalized spacial score (nSPS) is 34.7. The van der Waals surface area contributed by atoms with Crippen LogP contribution in [0.2, 0.25) is 0 Å². The van der Waals surface area contributed by atoms with Crippen LogP contribution in [0, 0.1) is 11.3 Å². The molecule has 3 nitrogen and oxygen atoms in total. The van der Waals surface area contributed by atoms with E-state index in [0.29, 0.717) is 5.92 Å². The van der Waals surface area contributed by atoms with Gasteiger partial charge in [-0.1, -0.05) is 13.3 Å². The average Bonchev–Trinajstić information content (AvgIpc) is 2.38. The Labute approximate surface area is 105 Å². The molecule has 0 aromatic rings. The molecule has 3 heteroatoms. The van der Waals surface area contributed by atoms with Crippen molar-refractivity contribution >= 4 is 5.84 Å². The lowest BCUT2D eigenvalue weighted by Crippen LogP contribution is -2.53. The van der Waals surface area contributed by atoms with Crippen LogP contribution < -0.4 is 0 Å². The summed E-state index contributed by atoms with van der Waals surface area (Å²) >= 11 is 0. The van der Waals surface area contributed by atoms with Gasteiger partial charge in [-0.15, -0.1) is 0 Å². The standard InChI is InChI=1S/C14H26N2O/c1-12-7-6-8-14(11-12,17-2)13(15)16-9-4-3-5-10-16/h12,15H,3-11H2,1-2H3. The molecule has 2 unspecified atom stereocenters. The van der Waals surface area contributed by atoms with E-state index < -0.39 is 0 Å². The monoisotopic (exact) mass is 238 g/mol. The van der Waals surface area contributed by atoms with Crippen molar-refractivity contribution in [1.82, 2.24) is 4.90 Å². The molecule has 1 saturated heterocycles. The summed E-state index contributed by atoms with van der Waals surface area (Å²) in [6.45, 7) is 4.40. The molecule has 0 bridgehead atoms. The summed E-state index contributed by atoms with van der Waals surface area (Å²) in [7, 11) is 1.79. The van der Waals surface area contributed by atoms with Crippen molar-refractivity contribution in [3.8, 4) is 0 Å². The van der Waals surface area contributed by atoms with Gasteiger partial charge in [-0.25, -0.2) is 0 Å². The number of ether oxygens (including phenoxy) is 1. The Hall–Kier alpha value is -0.570. The summed E-state index contributed by atoms with van der Waals surface area (Å²) in [6.07, 6.45) is 8.33. The molecule has 0 amide bonds. The third-order valence-electron chi connectivity index (χ3n) is 4.45. The van der Waals surface area contributed by atoms with E-state index in [2.05, 4.69) is 11.8 Å². The summed E-state index contributed by atoms with van der Waals surface area (Å²) in [5.41, 5.74) is -0.283. The Morgan fingerprint density at radius 2 is 1.94 bits per heavy atom. The molecule has 98 valence electrons. The van der Waals surface area contributed by atoms with Crippen LogP contribution in [0.15, 0.2) is 0 Å². The predicted octanol–water partition coefficient (Wildman–Crippen LogP) is 3.04. The van der Waals surface area contributed by atoms with Gasteiger partial charge in [0.1, 0.15) is 11.4 Å². The maximum atomic E-state index is 8.52. The first kappa shape index (κ1) is 12.9. The number of piperidine rings is 1. The number of hydrogen-bond acceptors (Lipinski definition) is 2. The number of amidine groups is 1. The largest absolute Gasteiger partial charge is 0.370 e. The minimum Gasteiger partial charge on any atom is -0.370 e. The molecule has 0 aromatic carbocycles. The highest BCUT2D eigenvalue weighted by atomic mass is 16.5. The molecule has 2 rings (SSSR count). The third kappa shape index (κ3) is 2.65. The predicted molar refractivity (Wildman–Crippen MR) is 70.5 cm³/mol. The Morgan fingerprint density at radius 3 is 2.53 bits per heavy atom. The van der Waals surface area contributed by atoms with Crippen LogP contribution in [0.3, 0.4) is 0 Å². The Morgan fingerprint density at radius 1 is 1.24 bits per heavy atom. The lowest BCUT2D eigenvalue weighted by molar-refractivity contribution is -0.00704. The van der Waals surface area contributed by atoms with E-state index in [4.69, 9.17) is 10.1 Å². The number of rotatable bonds is 2. The molecule has 1 aliphatic heterocycles. The maximum Gasteiger partial charge on any atom is 0.129 e. The van der Waals surface area contributed by atoms with Gasteiger partial charge in [-0.3, -0.25) is 5.41 Å². The molecule has 0 spiro atoms. The Bertz CT molecular complexity index is 273. The summed E-state index contributed by atoms with van der Waals surface area (Å²) in [6, 6.07) is 0. The number of nitrogens with zero attached hydrogens (tertiary/aromatic N) is 1. The lowest BCUT2D eigenvalue weighted by Gasteiger charge is -2.44. The molecule has 0 aromatic heterocycles. The van der Waals surface area contributed by atoms with Crippen molar-refractivity contribution < 1.29 is 4.74 Å². The topological polar surface area (TPSA) is 36.3 Å². The number of nitrogens with one attached hydrogen (secondary N) is 1. The van der Waals surface area contributed by atoms with Gasteiger partial charge in [0.2, 0.25) is 0 Å². The van der Waals surface area contributed by atoms with Crippen LogP contribution in [-0.4, -0.2) is 36.5 Å². The minimum absolute atomic E-state index is 0.283. The molecular formula is C14H26N2O. The third-order valence-corrected chi connectivity index (χ3v) is 4.45. The van der Waals surface area contributed by atoms with Gasteiger partial charge in [0.05, 0.1) is 0 Å². The van der Waals surface area contributed by atoms with E-state index in [-0.39, 0.29) is 5.60 Å². The summed E-state index contributed by atoms with van der Waals surface area (Å²) in [5, 5.41) is 8.52. The summed E-state index contributed by atoms with van der Waals surface area (Å²) in [4.78, 5) is 2.26. The van der Waals surface area contributed by atoms with E-state index in [9.17, 15) is 0 Å². The first-order valence-corrected chi connectivity index (χ1v) is 7.07. The van der Waals surface area contributed by atoms with Crippen molar-refractivity contribution in [1.29, 1.82) is 5.41 Å². The van der Waals surface area contributed by atoms with Gasteiger partial charge < -0.3 is 9.64 Å². The van der Waals surface area contributed by atoms with Crippen molar-refractivity contribution in [3.05, 3.63) is 0 Å². The lowest BCUT2D eigenvalue weighted by atomic mass is 9.77. The molecule has 1 heterocycles. The maximum absolute atomic E-state index is 8.52. The molecule has 2 atom stereocenters. The molecule has 17 heavy (non-hydrogen) atoms. The smallest absolute Gasteiger partial charge is 0.129 e. The van der Waals surface area contributed by atoms with Gasteiger partial charge in [-0.2, -0.15) is 0 Å². The molecule has 1 aliphatic carbocycles. The SMILES string of the molecule is COC1(C(=N)N2CCCCC2)CCCC(C)C1. The van der Waals surface area contributed by atoms with Crippen LogP contribution >= 0.6 is 0 Å². The molecule has 1 saturated carbocycles. The summed E-state index contributed by atoms with van der Waals surface area (Å²) < 4.78 is 5.80. The van der Waals surface area contributed by atoms with E-state index in [1.54, 1.807) is 7.11 Å². The van der Waals surface area contributed by atoms with E-state index in [0.717, 1.165) is 31.8 Å². The fourth-order valence-corrected chi connectivity index (χ4v) is 3.41. The molecule has 1 N–H and O–H groups in total. The van der Waals surface area contributed by atoms with Crippen LogP contribution in [0.5, 0.6) is 0 Å². The van der Waals surface area contributed by atoms with Gasteiger partial charge in [-0.05, 0) is 44.4 Å². The first-order chi connectivity index (χ1) is 8.18. The van der Waals surface area contributed by atoms with Crippen molar-refractivity contribution in [2.24, 2.45) is 5.92 Å². The number of hydrogen-bond donors (Lipinski definition) is 1. The zero-order valence-corrected chi connectivity index (χ0v) is 11.3. The molecular weight excluding hydrogens is 212 g/mol. The average molecular weight is 238 g/mol. The Kier molecular flexibility index (Phi) is 4.08. The zero-order chi connectivity index (χ0) is 12.3. The van der Waals surface area contributed by atoms with Crippen LogP contribution in [0.1, 0.15) is 51.9 Å². The van der Waals surface area contributed by atoms with Crippen LogP contribution in [0.4, 0.5) is 0 Å². The highest BCUT2D eigenvalue weighted by Gasteiger charge is 2.41. The van der Waals surface area contributed by atoms with E-state index >= 15 is 0 Å². The van der Waals surface area contributed by atoms with Gasteiger partial charge in [0, 0.05) is 20.2 Å². The fourth-order valence-electron chi connectivity index (χ4n) is 3.41. The first-order valence-electron chi connectivity index (χ1n) is 7.07. The highest BCUT2D eigenvalue weighted by molar-refractivity contribution is 5.88. The van der Waals surface area contributed by atoms with Crippen molar-refractivity contribution in [2.75, 3.05) is 20.2 Å². The zero-order valence-electron chi connectivity index (χ0n) is 11.3. The molecule has 0 radical (unpaired) electrons. The van der Waals surface area contributed by atoms with Gasteiger partial charge in [0.15, 0.2) is 0 Å². The van der Waals surface area contributed by atoms with E-state index in [1.807, 2.05) is 0 Å². The van der Waals surface area contributed by atoms with Crippen molar-refractivity contribution in [3.63, 3.8) is 0 Å². The Balaban J connectivity index is 2.07. The van der Waals surface area contributed by atoms with Gasteiger partial charge in [0.25, 0.3) is 0 Å². The second kappa shape index (κ2) is 5.38. The number of likely N-dealkylation sites (tertiary alicyclic amines) is 1. The van der Waals surface area contributed by atoms with E-state index in [1.165, 1.54) is 32.1 Å². The number of methoxy groups -OCH3 is 1. The van der Waals surface area contributed by atoms with Crippen LogP contribution in [-0.2, 0) is 4.74 Å². The quantitative estimate of drug-likeness (QED) is 0.593. The van der Waals surface area contributed by atoms with Gasteiger partial charge >= 0.3 is 0 Å². The second-order valence-corrected chi connectivity index (χ2v) is 5.80. The fraction of sp³-hybridized carbons (Fsp3) is 0.929. The van der Waals surface area contributed by atoms with Crippen LogP contribution in [0.25, 0.3) is 0 Å². The second-order valence-electron chi connectivity index (χ2n) is 5.80. The highest BCUT2D eigenvalue weighted by Crippen LogP contribution is 2.36. The summed E-state index contributed by atoms with van der Waals surface area (Å²) in [5.74, 6) is 1.44. The minimum atomic E-state index is -0.283. The molecule has 2 aliphatic rings. The molecule has 2 fully saturated rings. The van der Waals surface area contributed by atoms with Crippen molar-refractivity contribution in [2.45, 2.75) is 57.5 Å².